The Morgan fingerprint density at radius 2 is 1.69 bits per heavy atom. The molecule has 0 saturated carbocycles. The smallest absolute Gasteiger partial charge is 0.224 e. The number of aromatic hydroxyl groups is 2. The summed E-state index contributed by atoms with van der Waals surface area (Å²) < 4.78 is 0. The molecule has 0 radical (unpaired) electrons. The minimum absolute atomic E-state index is 0.0442. The number of aliphatic hydroxyl groups is 1. The van der Waals surface area contributed by atoms with Crippen LogP contribution in [0.25, 0.3) is 10.8 Å². The van der Waals surface area contributed by atoms with E-state index in [2.05, 4.69) is 16.0 Å². The molecule has 0 heterocycles. The number of amides is 2. The van der Waals surface area contributed by atoms with Crippen molar-refractivity contribution in [3.05, 3.63) is 101 Å². The molecular weight excluding hydrogens is 494 g/mol. The van der Waals surface area contributed by atoms with Gasteiger partial charge in [-0.1, -0.05) is 60.7 Å². The number of hydrogen-bond acceptors (Lipinski definition) is 6. The summed E-state index contributed by atoms with van der Waals surface area (Å²) in [7, 11) is 0. The lowest BCUT2D eigenvalue weighted by Crippen LogP contribution is -2.32. The van der Waals surface area contributed by atoms with E-state index in [0.717, 1.165) is 21.9 Å². The normalized spacial score (nSPS) is 12.6. The van der Waals surface area contributed by atoms with Crippen LogP contribution in [0.15, 0.2) is 78.9 Å². The van der Waals surface area contributed by atoms with E-state index in [1.165, 1.54) is 12.1 Å². The second-order valence-corrected chi connectivity index (χ2v) is 9.63. The predicted octanol–water partition coefficient (Wildman–Crippen LogP) is 3.93. The van der Waals surface area contributed by atoms with Crippen molar-refractivity contribution in [2.24, 2.45) is 0 Å². The van der Waals surface area contributed by atoms with Crippen LogP contribution in [0.5, 0.6) is 11.5 Å². The van der Waals surface area contributed by atoms with Gasteiger partial charge >= 0.3 is 0 Å². The van der Waals surface area contributed by atoms with Crippen LogP contribution in [0.3, 0.4) is 0 Å². The largest absolute Gasteiger partial charge is 0.508 e. The van der Waals surface area contributed by atoms with E-state index in [0.29, 0.717) is 24.0 Å². The van der Waals surface area contributed by atoms with E-state index >= 15 is 0 Å². The van der Waals surface area contributed by atoms with Gasteiger partial charge < -0.3 is 31.3 Å². The molecule has 4 aromatic carbocycles. The molecule has 39 heavy (non-hydrogen) atoms. The third kappa shape index (κ3) is 7.34. The quantitative estimate of drug-likeness (QED) is 0.122. The average molecular weight is 528 g/mol. The van der Waals surface area contributed by atoms with Gasteiger partial charge in [0.2, 0.25) is 12.3 Å². The standard InChI is InChI=1S/C31H33N3O5/c1-20(32-18-30(38)24-10-12-29(37)27(16-24)34-19-35)13-21-5-4-6-22(14-21)15-31(39)33-17-26-25-8-3-2-7-23(25)9-11-28(26)36/h2-12,14,16,19-20,30,32,36-38H,13,15,17-18H2,1H3,(H,33,39)(H,34,35)/t20-,30+/m1/s1. The average Bonchev–Trinajstić information content (AvgIpc) is 2.92. The molecule has 0 fully saturated rings. The Balaban J connectivity index is 1.29. The first-order valence-corrected chi connectivity index (χ1v) is 12.8. The fourth-order valence-corrected chi connectivity index (χ4v) is 4.61. The minimum Gasteiger partial charge on any atom is -0.508 e. The predicted molar refractivity (Wildman–Crippen MR) is 152 cm³/mol. The number of benzene rings is 4. The highest BCUT2D eigenvalue weighted by atomic mass is 16.3. The second kappa shape index (κ2) is 12.9. The third-order valence-electron chi connectivity index (χ3n) is 6.66. The Morgan fingerprint density at radius 3 is 2.51 bits per heavy atom. The van der Waals surface area contributed by atoms with Gasteiger partial charge in [-0.05, 0) is 59.0 Å². The summed E-state index contributed by atoms with van der Waals surface area (Å²) >= 11 is 0. The molecule has 0 saturated heterocycles. The van der Waals surface area contributed by atoms with E-state index < -0.39 is 6.10 Å². The molecular formula is C31H33N3O5. The Bertz CT molecular complexity index is 1460. The van der Waals surface area contributed by atoms with Gasteiger partial charge in [0.05, 0.1) is 18.2 Å². The van der Waals surface area contributed by atoms with Crippen LogP contribution >= 0.6 is 0 Å². The van der Waals surface area contributed by atoms with E-state index in [-0.39, 0.29) is 48.6 Å². The number of carbonyl (C=O) groups is 2. The number of hydrogen-bond donors (Lipinski definition) is 6. The molecule has 0 aliphatic carbocycles. The van der Waals surface area contributed by atoms with Crippen LogP contribution in [-0.2, 0) is 29.0 Å². The van der Waals surface area contributed by atoms with Gasteiger partial charge in [0.1, 0.15) is 11.5 Å². The second-order valence-electron chi connectivity index (χ2n) is 9.63. The van der Waals surface area contributed by atoms with Gasteiger partial charge in [0, 0.05) is 24.7 Å². The first-order valence-electron chi connectivity index (χ1n) is 12.8. The van der Waals surface area contributed by atoms with Crippen molar-refractivity contribution in [2.45, 2.75) is 38.5 Å². The maximum absolute atomic E-state index is 12.7. The lowest BCUT2D eigenvalue weighted by atomic mass is 10.0. The molecule has 4 aromatic rings. The number of fused-ring (bicyclic) bond motifs is 1. The van der Waals surface area contributed by atoms with Crippen LogP contribution in [0.1, 0.15) is 35.3 Å². The van der Waals surface area contributed by atoms with Gasteiger partial charge in [0.25, 0.3) is 0 Å². The first kappa shape index (κ1) is 27.6. The molecule has 0 aliphatic rings. The maximum atomic E-state index is 12.7. The lowest BCUT2D eigenvalue weighted by Gasteiger charge is -2.18. The van der Waals surface area contributed by atoms with Gasteiger partial charge in [0.15, 0.2) is 0 Å². The summed E-state index contributed by atoms with van der Waals surface area (Å²) in [5.74, 6) is -0.0446. The number of rotatable bonds is 12. The highest BCUT2D eigenvalue weighted by Gasteiger charge is 2.13. The summed E-state index contributed by atoms with van der Waals surface area (Å²) in [6.07, 6.45) is 0.563. The topological polar surface area (TPSA) is 131 Å². The Morgan fingerprint density at radius 1 is 0.923 bits per heavy atom. The Labute approximate surface area is 227 Å². The van der Waals surface area contributed by atoms with Crippen molar-refractivity contribution < 1.29 is 24.9 Å². The lowest BCUT2D eigenvalue weighted by molar-refractivity contribution is -0.120. The molecule has 0 bridgehead atoms. The minimum atomic E-state index is -0.823. The van der Waals surface area contributed by atoms with E-state index in [1.54, 1.807) is 12.1 Å². The fraction of sp³-hybridized carbons (Fsp3) is 0.226. The molecule has 0 spiro atoms. The van der Waals surface area contributed by atoms with Crippen LogP contribution in [0.2, 0.25) is 0 Å². The molecule has 4 rings (SSSR count). The van der Waals surface area contributed by atoms with Crippen molar-refractivity contribution in [3.63, 3.8) is 0 Å². The van der Waals surface area contributed by atoms with E-state index in [4.69, 9.17) is 0 Å². The number of anilines is 1. The van der Waals surface area contributed by atoms with Gasteiger partial charge in [-0.2, -0.15) is 0 Å². The summed E-state index contributed by atoms with van der Waals surface area (Å²) in [4.78, 5) is 23.4. The zero-order chi connectivity index (χ0) is 27.8. The maximum Gasteiger partial charge on any atom is 0.224 e. The third-order valence-corrected chi connectivity index (χ3v) is 6.66. The highest BCUT2D eigenvalue weighted by Crippen LogP contribution is 2.28. The van der Waals surface area contributed by atoms with Crippen LogP contribution in [0, 0.1) is 0 Å². The fourth-order valence-electron chi connectivity index (χ4n) is 4.61. The number of nitrogens with one attached hydrogen (secondary N) is 3. The van der Waals surface area contributed by atoms with Crippen molar-refractivity contribution in [3.8, 4) is 11.5 Å². The first-order chi connectivity index (χ1) is 18.8. The van der Waals surface area contributed by atoms with Gasteiger partial charge in [-0.15, -0.1) is 0 Å². The van der Waals surface area contributed by atoms with Crippen LogP contribution in [-0.4, -0.2) is 40.2 Å². The summed E-state index contributed by atoms with van der Waals surface area (Å²) in [6.45, 7) is 2.54. The van der Waals surface area contributed by atoms with Crippen molar-refractivity contribution in [1.82, 2.24) is 10.6 Å². The number of aliphatic hydroxyl groups excluding tert-OH is 1. The molecule has 8 nitrogen and oxygen atoms in total. The number of phenolic OH excluding ortho intramolecular Hbond substituents is 2. The van der Waals surface area contributed by atoms with Crippen LogP contribution in [0.4, 0.5) is 5.69 Å². The molecule has 8 heteroatoms. The zero-order valence-electron chi connectivity index (χ0n) is 21.7. The molecule has 0 aromatic heterocycles. The zero-order valence-corrected chi connectivity index (χ0v) is 21.7. The summed E-state index contributed by atoms with van der Waals surface area (Å²) in [5.41, 5.74) is 3.45. The van der Waals surface area contributed by atoms with Crippen molar-refractivity contribution >= 4 is 28.8 Å². The Hall–Kier alpha value is -4.40. The van der Waals surface area contributed by atoms with Gasteiger partial charge in [-0.25, -0.2) is 0 Å². The monoisotopic (exact) mass is 527 g/mol. The van der Waals surface area contributed by atoms with Crippen molar-refractivity contribution in [2.75, 3.05) is 11.9 Å². The highest BCUT2D eigenvalue weighted by molar-refractivity contribution is 5.88. The van der Waals surface area contributed by atoms with Crippen LogP contribution < -0.4 is 16.0 Å². The number of carbonyl (C=O) groups excluding carboxylic acids is 2. The molecule has 0 aliphatic heterocycles. The molecule has 6 N–H and O–H groups in total. The molecule has 0 unspecified atom stereocenters. The van der Waals surface area contributed by atoms with E-state index in [9.17, 15) is 24.9 Å². The van der Waals surface area contributed by atoms with Gasteiger partial charge in [-0.3, -0.25) is 9.59 Å². The van der Waals surface area contributed by atoms with Crippen molar-refractivity contribution in [1.29, 1.82) is 0 Å². The SMILES string of the molecule is C[C@H](Cc1cccc(CC(=O)NCc2c(O)ccc3ccccc23)c1)NC[C@H](O)c1ccc(O)c(NC=O)c1. The molecule has 2 amide bonds. The Kier molecular flexibility index (Phi) is 9.14. The molecule has 202 valence electrons. The van der Waals surface area contributed by atoms with E-state index in [1.807, 2.05) is 61.5 Å². The summed E-state index contributed by atoms with van der Waals surface area (Å²) in [6, 6.07) is 23.7. The summed E-state index contributed by atoms with van der Waals surface area (Å²) in [5, 5.41) is 41.2. The number of phenols is 2. The molecule has 2 atom stereocenters.